The number of aldehydes is 1. The van der Waals surface area contributed by atoms with Gasteiger partial charge < -0.3 is 4.74 Å². The Hall–Kier alpha value is -3.03. The molecule has 2 aliphatic heterocycles. The summed E-state index contributed by atoms with van der Waals surface area (Å²) in [7, 11) is 0. The summed E-state index contributed by atoms with van der Waals surface area (Å²) < 4.78 is 5.38. The highest BCUT2D eigenvalue weighted by molar-refractivity contribution is 6.24. The summed E-state index contributed by atoms with van der Waals surface area (Å²) in [5.74, 6) is -2.28. The smallest absolute Gasteiger partial charge is 0.266 e. The van der Waals surface area contributed by atoms with Crippen molar-refractivity contribution < 1.29 is 28.7 Å². The van der Waals surface area contributed by atoms with Crippen molar-refractivity contribution >= 4 is 29.9 Å². The van der Waals surface area contributed by atoms with Gasteiger partial charge in [-0.3, -0.25) is 34.2 Å². The van der Waals surface area contributed by atoms with Crippen LogP contribution in [0.25, 0.3) is 0 Å². The fourth-order valence-corrected chi connectivity index (χ4v) is 2.81. The summed E-state index contributed by atoms with van der Waals surface area (Å²) in [6.07, 6.45) is -0.0885. The van der Waals surface area contributed by atoms with Crippen molar-refractivity contribution in [1.82, 2.24) is 10.2 Å². The molecule has 8 nitrogen and oxygen atoms in total. The van der Waals surface area contributed by atoms with Gasteiger partial charge in [-0.15, -0.1) is 0 Å². The van der Waals surface area contributed by atoms with Gasteiger partial charge in [-0.2, -0.15) is 0 Å². The number of piperidine rings is 1. The number of nitrogens with zero attached hydrogens (tertiary/aromatic N) is 1. The van der Waals surface area contributed by atoms with Crippen LogP contribution in [0.2, 0.25) is 0 Å². The van der Waals surface area contributed by atoms with Gasteiger partial charge in [0.1, 0.15) is 11.8 Å². The largest absolute Gasteiger partial charge is 0.482 e. The van der Waals surface area contributed by atoms with E-state index in [1.165, 1.54) is 25.1 Å². The van der Waals surface area contributed by atoms with Gasteiger partial charge >= 0.3 is 0 Å². The molecule has 2 heterocycles. The second-order valence-electron chi connectivity index (χ2n) is 5.58. The minimum atomic E-state index is -1.04. The van der Waals surface area contributed by atoms with Gasteiger partial charge in [0, 0.05) is 6.42 Å². The van der Waals surface area contributed by atoms with Crippen LogP contribution in [0, 0.1) is 0 Å². The fraction of sp³-hybridized carbons (Fsp3) is 0.312. The van der Waals surface area contributed by atoms with E-state index in [1.807, 2.05) is 0 Å². The molecule has 8 heteroatoms. The molecule has 2 aliphatic rings. The van der Waals surface area contributed by atoms with Gasteiger partial charge in [0.25, 0.3) is 11.8 Å². The van der Waals surface area contributed by atoms with Gasteiger partial charge in [0.05, 0.1) is 11.1 Å². The summed E-state index contributed by atoms with van der Waals surface area (Å²) in [5, 5.41) is 2.13. The molecule has 1 aromatic carbocycles. The van der Waals surface area contributed by atoms with E-state index in [0.29, 0.717) is 6.29 Å². The van der Waals surface area contributed by atoms with Crippen LogP contribution >= 0.6 is 0 Å². The van der Waals surface area contributed by atoms with Crippen LogP contribution in [0.5, 0.6) is 5.75 Å². The van der Waals surface area contributed by atoms with Crippen molar-refractivity contribution in [2.75, 3.05) is 0 Å². The van der Waals surface area contributed by atoms with E-state index >= 15 is 0 Å². The Morgan fingerprint density at radius 1 is 1.25 bits per heavy atom. The molecule has 0 bridgehead atoms. The first-order valence-electron chi connectivity index (χ1n) is 7.40. The third kappa shape index (κ3) is 2.45. The lowest BCUT2D eigenvalue weighted by Gasteiger charge is -2.27. The fourth-order valence-electron chi connectivity index (χ4n) is 2.81. The average Bonchev–Trinajstić information content (AvgIpc) is 2.80. The van der Waals surface area contributed by atoms with E-state index in [9.17, 15) is 24.0 Å². The number of carbonyl (C=O) groups is 5. The van der Waals surface area contributed by atoms with Crippen molar-refractivity contribution in [3.63, 3.8) is 0 Å². The summed E-state index contributed by atoms with van der Waals surface area (Å²) >= 11 is 0. The summed E-state index contributed by atoms with van der Waals surface area (Å²) in [5.41, 5.74) is 0.140. The van der Waals surface area contributed by atoms with Crippen LogP contribution in [-0.4, -0.2) is 47.0 Å². The lowest BCUT2D eigenvalue weighted by Crippen LogP contribution is -2.54. The van der Waals surface area contributed by atoms with Crippen LogP contribution < -0.4 is 10.1 Å². The maximum Gasteiger partial charge on any atom is 0.266 e. The Morgan fingerprint density at radius 3 is 2.67 bits per heavy atom. The Morgan fingerprint density at radius 2 is 2.00 bits per heavy atom. The van der Waals surface area contributed by atoms with Crippen LogP contribution in [-0.2, 0) is 14.4 Å². The number of carbonyl (C=O) groups excluding carboxylic acids is 5. The molecule has 0 aliphatic carbocycles. The standard InChI is InChI=1S/C16H14N2O6/c1-8(7-19)24-11-4-2-3-9-13(11)16(23)18(15(9)22)10-5-6-12(20)17-14(10)21/h2-4,7-8,10H,5-6H2,1H3,(H,17,20,21). The molecule has 3 rings (SSSR count). The zero-order valence-electron chi connectivity index (χ0n) is 12.8. The molecule has 1 N–H and O–H groups in total. The molecule has 0 saturated carbocycles. The predicted molar refractivity (Wildman–Crippen MR) is 79.3 cm³/mol. The van der Waals surface area contributed by atoms with Gasteiger partial charge in [0.2, 0.25) is 11.8 Å². The monoisotopic (exact) mass is 330 g/mol. The highest BCUT2D eigenvalue weighted by Crippen LogP contribution is 2.33. The number of benzene rings is 1. The van der Waals surface area contributed by atoms with Crippen molar-refractivity contribution in [2.45, 2.75) is 31.9 Å². The number of nitrogens with one attached hydrogen (secondary N) is 1. The zero-order chi connectivity index (χ0) is 17.4. The normalized spacial score (nSPS) is 21.4. The van der Waals surface area contributed by atoms with Crippen molar-refractivity contribution in [2.24, 2.45) is 0 Å². The van der Waals surface area contributed by atoms with Crippen molar-refractivity contribution in [3.05, 3.63) is 29.3 Å². The molecule has 4 amide bonds. The van der Waals surface area contributed by atoms with E-state index in [0.717, 1.165) is 4.90 Å². The molecule has 1 aromatic rings. The summed E-state index contributed by atoms with van der Waals surface area (Å²) in [6.45, 7) is 1.51. The molecule has 2 unspecified atom stereocenters. The van der Waals surface area contributed by atoms with E-state index in [-0.39, 0.29) is 29.7 Å². The maximum absolute atomic E-state index is 12.7. The molecule has 1 saturated heterocycles. The quantitative estimate of drug-likeness (QED) is 0.617. The lowest BCUT2D eigenvalue weighted by molar-refractivity contribution is -0.136. The number of ether oxygens (including phenoxy) is 1. The number of fused-ring (bicyclic) bond motifs is 1. The second-order valence-corrected chi connectivity index (χ2v) is 5.58. The first kappa shape index (κ1) is 15.9. The van der Waals surface area contributed by atoms with Crippen LogP contribution in [0.3, 0.4) is 0 Å². The minimum absolute atomic E-state index is 0.0286. The summed E-state index contributed by atoms with van der Waals surface area (Å²) in [4.78, 5) is 60.1. The Balaban J connectivity index is 1.97. The topological polar surface area (TPSA) is 110 Å². The molecular formula is C16H14N2O6. The first-order valence-corrected chi connectivity index (χ1v) is 7.40. The van der Waals surface area contributed by atoms with Gasteiger partial charge in [0.15, 0.2) is 12.4 Å². The number of hydrogen-bond acceptors (Lipinski definition) is 6. The maximum atomic E-state index is 12.7. The molecule has 0 spiro atoms. The highest BCUT2D eigenvalue weighted by atomic mass is 16.5. The SMILES string of the molecule is CC(C=O)Oc1cccc2c1C(=O)N(C1CCC(=O)NC1=O)C2=O. The van der Waals surface area contributed by atoms with E-state index < -0.39 is 35.8 Å². The minimum Gasteiger partial charge on any atom is -0.482 e. The number of amides is 4. The predicted octanol–water partition coefficient (Wildman–Crippen LogP) is 0.0540. The summed E-state index contributed by atoms with van der Waals surface area (Å²) in [6, 6.07) is 3.44. The Kier molecular flexibility index (Phi) is 3.88. The third-order valence-corrected chi connectivity index (χ3v) is 3.93. The lowest BCUT2D eigenvalue weighted by atomic mass is 10.0. The molecule has 24 heavy (non-hydrogen) atoms. The van der Waals surface area contributed by atoms with Crippen LogP contribution in [0.1, 0.15) is 40.5 Å². The highest BCUT2D eigenvalue weighted by Gasteiger charge is 2.46. The molecule has 124 valence electrons. The molecule has 0 aromatic heterocycles. The van der Waals surface area contributed by atoms with Gasteiger partial charge in [-0.05, 0) is 25.5 Å². The first-order chi connectivity index (χ1) is 11.4. The molecule has 2 atom stereocenters. The van der Waals surface area contributed by atoms with Crippen LogP contribution in [0.4, 0.5) is 0 Å². The molecular weight excluding hydrogens is 316 g/mol. The molecule has 1 fully saturated rings. The van der Waals surface area contributed by atoms with Crippen molar-refractivity contribution in [1.29, 1.82) is 0 Å². The van der Waals surface area contributed by atoms with Gasteiger partial charge in [-0.1, -0.05) is 6.07 Å². The zero-order valence-corrected chi connectivity index (χ0v) is 12.8. The van der Waals surface area contributed by atoms with E-state index in [4.69, 9.17) is 4.74 Å². The van der Waals surface area contributed by atoms with Gasteiger partial charge in [-0.25, -0.2) is 0 Å². The van der Waals surface area contributed by atoms with E-state index in [2.05, 4.69) is 5.32 Å². The molecule has 0 radical (unpaired) electrons. The third-order valence-electron chi connectivity index (χ3n) is 3.93. The number of imide groups is 2. The Bertz CT molecular complexity index is 772. The van der Waals surface area contributed by atoms with Crippen molar-refractivity contribution in [3.8, 4) is 5.75 Å². The van der Waals surface area contributed by atoms with Crippen LogP contribution in [0.15, 0.2) is 18.2 Å². The number of hydrogen-bond donors (Lipinski definition) is 1. The second kappa shape index (κ2) is 5.88. The van der Waals surface area contributed by atoms with E-state index in [1.54, 1.807) is 0 Å². The number of rotatable bonds is 4. The average molecular weight is 330 g/mol. The Labute approximate surface area is 136 Å².